The first-order chi connectivity index (χ1) is 8.78. The highest BCUT2D eigenvalue weighted by molar-refractivity contribution is 5.64. The molecule has 3 rings (SSSR count). The molecule has 1 aliphatic rings. The molecule has 0 radical (unpaired) electrons. The molecule has 1 nitrogen and oxygen atoms in total. The van der Waals surface area contributed by atoms with Crippen molar-refractivity contribution < 1.29 is 4.39 Å². The highest BCUT2D eigenvalue weighted by Gasteiger charge is 2.36. The largest absolute Gasteiger partial charge is 0.330 e. The summed E-state index contributed by atoms with van der Waals surface area (Å²) in [5.41, 5.74) is 9.25. The molecular weight excluding hydrogens is 225 g/mol. The highest BCUT2D eigenvalue weighted by Crippen LogP contribution is 2.47. The molecule has 0 aliphatic heterocycles. The quantitative estimate of drug-likeness (QED) is 0.873. The summed E-state index contributed by atoms with van der Waals surface area (Å²) in [5.74, 6) is 1.07. The van der Waals surface area contributed by atoms with Gasteiger partial charge in [-0.05, 0) is 53.6 Å². The second-order valence-corrected chi connectivity index (χ2v) is 4.97. The van der Waals surface area contributed by atoms with Crippen LogP contribution in [0.4, 0.5) is 4.39 Å². The van der Waals surface area contributed by atoms with Crippen LogP contribution in [0.25, 0.3) is 11.1 Å². The Balaban J connectivity index is 1.89. The molecule has 1 saturated carbocycles. The SMILES string of the molecule is NC[C@@H]1C[C@H]1c1cccc(-c2ccc(F)cc2)c1. The molecule has 0 amide bonds. The molecular formula is C16H16FN. The van der Waals surface area contributed by atoms with E-state index < -0.39 is 0 Å². The van der Waals surface area contributed by atoms with Gasteiger partial charge in [0.05, 0.1) is 0 Å². The van der Waals surface area contributed by atoms with Crippen molar-refractivity contribution in [1.82, 2.24) is 0 Å². The Bertz CT molecular complexity index is 547. The van der Waals surface area contributed by atoms with Crippen molar-refractivity contribution in [3.8, 4) is 11.1 Å². The Labute approximate surface area is 106 Å². The van der Waals surface area contributed by atoms with E-state index in [2.05, 4.69) is 24.3 Å². The molecule has 2 heteroatoms. The standard InChI is InChI=1S/C16H16FN/c17-15-6-4-11(5-7-15)12-2-1-3-13(8-12)16-9-14(16)10-18/h1-8,14,16H,9-10,18H2/t14-,16-/m0/s1. The van der Waals surface area contributed by atoms with Crippen LogP contribution in [0.15, 0.2) is 48.5 Å². The smallest absolute Gasteiger partial charge is 0.123 e. The van der Waals surface area contributed by atoms with Gasteiger partial charge in [0.25, 0.3) is 0 Å². The molecule has 2 atom stereocenters. The van der Waals surface area contributed by atoms with Gasteiger partial charge in [-0.25, -0.2) is 4.39 Å². The van der Waals surface area contributed by atoms with Gasteiger partial charge < -0.3 is 5.73 Å². The zero-order valence-electron chi connectivity index (χ0n) is 10.1. The van der Waals surface area contributed by atoms with E-state index in [0.717, 1.165) is 17.7 Å². The monoisotopic (exact) mass is 241 g/mol. The van der Waals surface area contributed by atoms with E-state index in [9.17, 15) is 4.39 Å². The maximum absolute atomic E-state index is 12.9. The molecule has 1 fully saturated rings. The zero-order valence-corrected chi connectivity index (χ0v) is 10.1. The van der Waals surface area contributed by atoms with Gasteiger partial charge in [-0.2, -0.15) is 0 Å². The predicted molar refractivity (Wildman–Crippen MR) is 71.7 cm³/mol. The molecule has 2 aromatic carbocycles. The summed E-state index contributed by atoms with van der Waals surface area (Å²) in [6.07, 6.45) is 1.20. The third kappa shape index (κ3) is 2.16. The van der Waals surface area contributed by atoms with Gasteiger partial charge in [0.1, 0.15) is 5.82 Å². The number of rotatable bonds is 3. The van der Waals surface area contributed by atoms with Crippen molar-refractivity contribution in [3.05, 3.63) is 59.9 Å². The fourth-order valence-electron chi connectivity index (χ4n) is 2.51. The van der Waals surface area contributed by atoms with Gasteiger partial charge in [-0.15, -0.1) is 0 Å². The first-order valence-corrected chi connectivity index (χ1v) is 6.34. The number of hydrogen-bond acceptors (Lipinski definition) is 1. The minimum absolute atomic E-state index is 0.194. The van der Waals surface area contributed by atoms with E-state index in [1.807, 2.05) is 12.1 Å². The van der Waals surface area contributed by atoms with E-state index in [4.69, 9.17) is 5.73 Å². The van der Waals surface area contributed by atoms with Crippen molar-refractivity contribution >= 4 is 0 Å². The van der Waals surface area contributed by atoms with Gasteiger partial charge in [0.15, 0.2) is 0 Å². The van der Waals surface area contributed by atoms with Crippen LogP contribution >= 0.6 is 0 Å². The lowest BCUT2D eigenvalue weighted by Gasteiger charge is -2.05. The van der Waals surface area contributed by atoms with Crippen LogP contribution in [0, 0.1) is 11.7 Å². The second kappa shape index (κ2) is 4.54. The van der Waals surface area contributed by atoms with Crippen LogP contribution in [0.2, 0.25) is 0 Å². The lowest BCUT2D eigenvalue weighted by Crippen LogP contribution is -2.01. The summed E-state index contributed by atoms with van der Waals surface area (Å²) >= 11 is 0. The van der Waals surface area contributed by atoms with Crippen molar-refractivity contribution in [2.45, 2.75) is 12.3 Å². The third-order valence-corrected chi connectivity index (χ3v) is 3.72. The number of hydrogen-bond donors (Lipinski definition) is 1. The number of benzene rings is 2. The Morgan fingerprint density at radius 3 is 2.50 bits per heavy atom. The van der Waals surface area contributed by atoms with Gasteiger partial charge in [0.2, 0.25) is 0 Å². The fourth-order valence-corrected chi connectivity index (χ4v) is 2.51. The molecule has 0 bridgehead atoms. The Morgan fingerprint density at radius 1 is 1.06 bits per heavy atom. The van der Waals surface area contributed by atoms with Crippen molar-refractivity contribution in [1.29, 1.82) is 0 Å². The molecule has 0 saturated heterocycles. The van der Waals surface area contributed by atoms with Crippen LogP contribution in [0.3, 0.4) is 0 Å². The Kier molecular flexibility index (Phi) is 2.88. The van der Waals surface area contributed by atoms with Crippen molar-refractivity contribution in [2.24, 2.45) is 11.7 Å². The van der Waals surface area contributed by atoms with E-state index in [-0.39, 0.29) is 5.82 Å². The topological polar surface area (TPSA) is 26.0 Å². The number of nitrogens with two attached hydrogens (primary N) is 1. The maximum Gasteiger partial charge on any atom is 0.123 e. The third-order valence-electron chi connectivity index (χ3n) is 3.72. The van der Waals surface area contributed by atoms with E-state index >= 15 is 0 Å². The molecule has 1 aliphatic carbocycles. The average Bonchev–Trinajstić information content (AvgIpc) is 3.19. The molecule has 18 heavy (non-hydrogen) atoms. The van der Waals surface area contributed by atoms with E-state index in [1.54, 1.807) is 0 Å². The maximum atomic E-state index is 12.9. The van der Waals surface area contributed by atoms with Crippen LogP contribution in [-0.2, 0) is 0 Å². The summed E-state index contributed by atoms with van der Waals surface area (Å²) in [6.45, 7) is 0.769. The lowest BCUT2D eigenvalue weighted by atomic mass is 10.0. The van der Waals surface area contributed by atoms with Gasteiger partial charge in [-0.1, -0.05) is 36.4 Å². The average molecular weight is 241 g/mol. The summed E-state index contributed by atoms with van der Waals surface area (Å²) in [7, 11) is 0. The molecule has 2 N–H and O–H groups in total. The summed E-state index contributed by atoms with van der Waals surface area (Å²) < 4.78 is 12.9. The van der Waals surface area contributed by atoms with E-state index in [1.165, 1.54) is 24.1 Å². The zero-order chi connectivity index (χ0) is 12.5. The minimum Gasteiger partial charge on any atom is -0.330 e. The van der Waals surface area contributed by atoms with Crippen LogP contribution in [0.5, 0.6) is 0 Å². The molecule has 92 valence electrons. The molecule has 0 unspecified atom stereocenters. The fraction of sp³-hybridized carbons (Fsp3) is 0.250. The molecule has 0 aromatic heterocycles. The molecule has 2 aromatic rings. The van der Waals surface area contributed by atoms with Gasteiger partial charge in [0, 0.05) is 0 Å². The highest BCUT2D eigenvalue weighted by atomic mass is 19.1. The van der Waals surface area contributed by atoms with Crippen LogP contribution < -0.4 is 5.73 Å². The van der Waals surface area contributed by atoms with Crippen molar-refractivity contribution in [3.63, 3.8) is 0 Å². The van der Waals surface area contributed by atoms with Gasteiger partial charge in [-0.3, -0.25) is 0 Å². The van der Waals surface area contributed by atoms with Crippen LogP contribution in [0.1, 0.15) is 17.9 Å². The lowest BCUT2D eigenvalue weighted by molar-refractivity contribution is 0.628. The van der Waals surface area contributed by atoms with Crippen molar-refractivity contribution in [2.75, 3.05) is 6.54 Å². The normalized spacial score (nSPS) is 21.9. The van der Waals surface area contributed by atoms with Gasteiger partial charge >= 0.3 is 0 Å². The van der Waals surface area contributed by atoms with Crippen LogP contribution in [-0.4, -0.2) is 6.54 Å². The Morgan fingerprint density at radius 2 is 1.83 bits per heavy atom. The number of halogens is 1. The first kappa shape index (κ1) is 11.4. The minimum atomic E-state index is -0.194. The first-order valence-electron chi connectivity index (χ1n) is 6.34. The molecule has 0 heterocycles. The van der Waals surface area contributed by atoms with E-state index in [0.29, 0.717) is 11.8 Å². The summed E-state index contributed by atoms with van der Waals surface area (Å²) in [6, 6.07) is 15.1. The predicted octanol–water partition coefficient (Wildman–Crippen LogP) is 3.55. The second-order valence-electron chi connectivity index (χ2n) is 4.97. The molecule has 0 spiro atoms. The summed E-state index contributed by atoms with van der Waals surface area (Å²) in [4.78, 5) is 0. The Hall–Kier alpha value is -1.67. The summed E-state index contributed by atoms with van der Waals surface area (Å²) in [5, 5.41) is 0.